The molecular formula is C31H33N3O4. The highest BCUT2D eigenvalue weighted by molar-refractivity contribution is 5.87. The lowest BCUT2D eigenvalue weighted by Crippen LogP contribution is -2.33. The molecule has 1 aromatic heterocycles. The number of aliphatic hydroxyl groups excluding tert-OH is 1. The Morgan fingerprint density at radius 3 is 2.42 bits per heavy atom. The Labute approximate surface area is 222 Å². The van der Waals surface area contributed by atoms with Gasteiger partial charge in [0.1, 0.15) is 17.9 Å². The number of aliphatic hydroxyl groups is 1. The van der Waals surface area contributed by atoms with E-state index >= 15 is 0 Å². The fraction of sp³-hybridized carbons (Fsp3) is 0.323. The number of aryl methyl sites for hydroxylation is 2. The van der Waals surface area contributed by atoms with E-state index < -0.39 is 11.0 Å². The van der Waals surface area contributed by atoms with E-state index in [2.05, 4.69) is 36.3 Å². The molecule has 0 unspecified atom stereocenters. The van der Waals surface area contributed by atoms with E-state index in [4.69, 9.17) is 4.74 Å². The molecule has 3 aromatic carbocycles. The van der Waals surface area contributed by atoms with Gasteiger partial charge >= 0.3 is 0 Å². The van der Waals surface area contributed by atoms with Crippen molar-refractivity contribution in [3.05, 3.63) is 110 Å². The number of benzene rings is 3. The number of fused-ring (bicyclic) bond motifs is 2. The van der Waals surface area contributed by atoms with E-state index in [1.807, 2.05) is 18.2 Å². The van der Waals surface area contributed by atoms with Gasteiger partial charge in [-0.25, -0.2) is 0 Å². The van der Waals surface area contributed by atoms with E-state index in [0.29, 0.717) is 29.4 Å². The fourth-order valence-electron chi connectivity index (χ4n) is 5.51. The molecule has 0 saturated carbocycles. The van der Waals surface area contributed by atoms with Gasteiger partial charge in [-0.3, -0.25) is 15.1 Å². The minimum absolute atomic E-state index is 0.0220. The van der Waals surface area contributed by atoms with Gasteiger partial charge in [-0.2, -0.15) is 0 Å². The monoisotopic (exact) mass is 511 g/mol. The van der Waals surface area contributed by atoms with Gasteiger partial charge in [0, 0.05) is 30.2 Å². The maximum Gasteiger partial charge on any atom is 0.276 e. The zero-order chi connectivity index (χ0) is 26.6. The minimum atomic E-state index is -0.716. The van der Waals surface area contributed by atoms with E-state index in [9.17, 15) is 15.2 Å². The summed E-state index contributed by atoms with van der Waals surface area (Å²) in [4.78, 5) is 15.4. The summed E-state index contributed by atoms with van der Waals surface area (Å²) in [5.41, 5.74) is 7.62. The number of ether oxygens (including phenoxy) is 1. The molecule has 0 saturated heterocycles. The van der Waals surface area contributed by atoms with Gasteiger partial charge in [-0.15, -0.1) is 0 Å². The van der Waals surface area contributed by atoms with Crippen molar-refractivity contribution in [3.8, 4) is 5.75 Å². The Bertz CT molecular complexity index is 1440. The summed E-state index contributed by atoms with van der Waals surface area (Å²) >= 11 is 0. The van der Waals surface area contributed by atoms with E-state index in [0.717, 1.165) is 36.6 Å². The first-order valence-corrected chi connectivity index (χ1v) is 13.3. The molecule has 1 atom stereocenters. The van der Waals surface area contributed by atoms with Gasteiger partial charge in [0.25, 0.3) is 5.69 Å². The zero-order valence-electron chi connectivity index (χ0n) is 21.8. The van der Waals surface area contributed by atoms with Crippen LogP contribution in [0, 0.1) is 10.1 Å². The molecule has 38 heavy (non-hydrogen) atoms. The number of hydrogen-bond donors (Lipinski definition) is 2. The fourth-order valence-corrected chi connectivity index (χ4v) is 5.51. The van der Waals surface area contributed by atoms with Crippen molar-refractivity contribution < 1.29 is 14.8 Å². The summed E-state index contributed by atoms with van der Waals surface area (Å²) in [6.07, 6.45) is 5.01. The van der Waals surface area contributed by atoms with Crippen LogP contribution < -0.4 is 10.1 Å². The predicted molar refractivity (Wildman–Crippen MR) is 149 cm³/mol. The minimum Gasteiger partial charge on any atom is -0.486 e. The van der Waals surface area contributed by atoms with E-state index in [-0.39, 0.29) is 12.3 Å². The van der Waals surface area contributed by atoms with E-state index in [1.54, 1.807) is 30.5 Å². The number of nitro groups is 1. The summed E-state index contributed by atoms with van der Waals surface area (Å²) in [6, 6.07) is 19.0. The first kappa shape index (κ1) is 25.8. The standard InChI is InChI=1S/C31H33N3O4/c1-3-20-14-23-16-25(17-24(23)15-21(20)4-2)33-18-29(35)26-11-12-30(31-27(26)9-7-13-32-31)38-19-22-8-5-6-10-28(22)34(36)37/h5-15,25,29,33,35H,3-4,16-19H2,1-2H3/t29-/m1/s1. The molecule has 196 valence electrons. The molecule has 0 spiro atoms. The van der Waals surface area contributed by atoms with E-state index in [1.165, 1.54) is 28.3 Å². The van der Waals surface area contributed by atoms with Crippen molar-refractivity contribution in [2.45, 2.75) is 58.3 Å². The summed E-state index contributed by atoms with van der Waals surface area (Å²) in [5, 5.41) is 26.9. The van der Waals surface area contributed by atoms with Crippen molar-refractivity contribution in [1.29, 1.82) is 0 Å². The molecule has 0 amide bonds. The van der Waals surface area contributed by atoms with Crippen molar-refractivity contribution in [1.82, 2.24) is 10.3 Å². The first-order chi connectivity index (χ1) is 18.5. The number of hydrogen-bond acceptors (Lipinski definition) is 6. The van der Waals surface area contributed by atoms with Gasteiger partial charge < -0.3 is 15.2 Å². The average Bonchev–Trinajstić information content (AvgIpc) is 3.35. The number of nitrogens with one attached hydrogen (secondary N) is 1. The van der Waals surface area contributed by atoms with Gasteiger partial charge in [-0.05, 0) is 71.7 Å². The molecule has 1 aliphatic rings. The molecule has 7 nitrogen and oxygen atoms in total. The highest BCUT2D eigenvalue weighted by atomic mass is 16.6. The number of aromatic nitrogens is 1. The van der Waals surface area contributed by atoms with Crippen LogP contribution in [-0.4, -0.2) is 27.6 Å². The Morgan fingerprint density at radius 1 is 1.03 bits per heavy atom. The van der Waals surface area contributed by atoms with Crippen LogP contribution in [-0.2, 0) is 32.3 Å². The quantitative estimate of drug-likeness (QED) is 0.211. The van der Waals surface area contributed by atoms with Crippen molar-refractivity contribution in [2.75, 3.05) is 6.54 Å². The van der Waals surface area contributed by atoms with Crippen molar-refractivity contribution in [3.63, 3.8) is 0 Å². The van der Waals surface area contributed by atoms with Crippen LogP contribution in [0.25, 0.3) is 10.9 Å². The Morgan fingerprint density at radius 2 is 1.74 bits per heavy atom. The average molecular weight is 512 g/mol. The zero-order valence-corrected chi connectivity index (χ0v) is 21.8. The second-order valence-electron chi connectivity index (χ2n) is 9.85. The largest absolute Gasteiger partial charge is 0.486 e. The van der Waals surface area contributed by atoms with Crippen LogP contribution >= 0.6 is 0 Å². The van der Waals surface area contributed by atoms with Gasteiger partial charge in [0.2, 0.25) is 0 Å². The lowest BCUT2D eigenvalue weighted by atomic mass is 9.97. The number of para-hydroxylation sites is 1. The number of nitrogens with zero attached hydrogens (tertiary/aromatic N) is 2. The van der Waals surface area contributed by atoms with Crippen LogP contribution in [0.1, 0.15) is 53.3 Å². The molecule has 0 radical (unpaired) electrons. The van der Waals surface area contributed by atoms with Crippen LogP contribution in [0.3, 0.4) is 0 Å². The van der Waals surface area contributed by atoms with Gasteiger partial charge in [0.05, 0.1) is 16.6 Å². The third kappa shape index (κ3) is 5.26. The lowest BCUT2D eigenvalue weighted by molar-refractivity contribution is -0.385. The third-order valence-electron chi connectivity index (χ3n) is 7.51. The van der Waals surface area contributed by atoms with Crippen molar-refractivity contribution in [2.24, 2.45) is 0 Å². The SMILES string of the molecule is CCc1cc2c(cc1CC)CC(NC[C@@H](O)c1ccc(OCc3ccccc3[N+](=O)[O-])c3ncccc13)C2. The number of rotatable bonds is 10. The molecule has 1 aliphatic carbocycles. The first-order valence-electron chi connectivity index (χ1n) is 13.3. The molecule has 0 bridgehead atoms. The van der Waals surface area contributed by atoms with Crippen LogP contribution in [0.4, 0.5) is 5.69 Å². The molecule has 7 heteroatoms. The topological polar surface area (TPSA) is 97.5 Å². The molecule has 1 heterocycles. The predicted octanol–water partition coefficient (Wildman–Crippen LogP) is 5.64. The second kappa shape index (κ2) is 11.3. The van der Waals surface area contributed by atoms with Crippen molar-refractivity contribution >= 4 is 16.6 Å². The Balaban J connectivity index is 1.29. The smallest absolute Gasteiger partial charge is 0.276 e. The summed E-state index contributed by atoms with van der Waals surface area (Å²) < 4.78 is 5.98. The number of nitro benzene ring substituents is 1. The summed E-state index contributed by atoms with van der Waals surface area (Å²) in [6.45, 7) is 4.90. The normalized spacial score (nSPS) is 14.0. The van der Waals surface area contributed by atoms with Crippen LogP contribution in [0.5, 0.6) is 5.75 Å². The molecule has 4 aromatic rings. The molecule has 2 N–H and O–H groups in total. The Hall–Kier alpha value is -3.81. The maximum atomic E-state index is 11.3. The second-order valence-corrected chi connectivity index (χ2v) is 9.85. The van der Waals surface area contributed by atoms with Gasteiger partial charge in [0.15, 0.2) is 0 Å². The molecule has 5 rings (SSSR count). The molecule has 0 fully saturated rings. The highest BCUT2D eigenvalue weighted by Crippen LogP contribution is 2.32. The Kier molecular flexibility index (Phi) is 7.67. The molecule has 0 aliphatic heterocycles. The lowest BCUT2D eigenvalue weighted by Gasteiger charge is -2.19. The number of pyridine rings is 1. The van der Waals surface area contributed by atoms with Gasteiger partial charge in [-0.1, -0.05) is 50.2 Å². The van der Waals surface area contributed by atoms with Crippen LogP contribution in [0.2, 0.25) is 0 Å². The maximum absolute atomic E-state index is 11.3. The highest BCUT2D eigenvalue weighted by Gasteiger charge is 2.24. The summed E-state index contributed by atoms with van der Waals surface area (Å²) in [7, 11) is 0. The third-order valence-corrected chi connectivity index (χ3v) is 7.51. The molecular weight excluding hydrogens is 478 g/mol. The van der Waals surface area contributed by atoms with Crippen LogP contribution in [0.15, 0.2) is 66.9 Å². The summed E-state index contributed by atoms with van der Waals surface area (Å²) in [5.74, 6) is 0.521.